The minimum atomic E-state index is -1.10. The van der Waals surface area contributed by atoms with E-state index in [1.165, 1.54) is 27.7 Å². The van der Waals surface area contributed by atoms with E-state index < -0.39 is 24.0 Å². The van der Waals surface area contributed by atoms with Crippen LogP contribution in [0.2, 0.25) is 0 Å². The summed E-state index contributed by atoms with van der Waals surface area (Å²) in [6.45, 7) is 4.60. The molecule has 2 atom stereocenters. The van der Waals surface area contributed by atoms with Crippen molar-refractivity contribution in [3.8, 4) is 0 Å². The minimum absolute atomic E-state index is 0.0308. The summed E-state index contributed by atoms with van der Waals surface area (Å²) in [4.78, 5) is 39.0. The van der Waals surface area contributed by atoms with Crippen molar-refractivity contribution < 1.29 is 28.6 Å². The Bertz CT molecular complexity index is 992. The first-order valence-electron chi connectivity index (χ1n) is 11.1. The van der Waals surface area contributed by atoms with Crippen molar-refractivity contribution >= 4 is 23.5 Å². The first-order chi connectivity index (χ1) is 16.1. The zero-order valence-corrected chi connectivity index (χ0v) is 18.5. The average Bonchev–Trinajstić information content (AvgIpc) is 3.47. The molecule has 1 aromatic rings. The highest BCUT2D eigenvalue weighted by molar-refractivity contribution is 5.89. The van der Waals surface area contributed by atoms with Crippen LogP contribution in [0.15, 0.2) is 54.6 Å². The first kappa shape index (κ1) is 22.8. The number of carbonyl (C=O) groups is 3. The normalized spacial score (nSPS) is 19.5. The number of amides is 2. The maximum atomic E-state index is 12.8. The van der Waals surface area contributed by atoms with E-state index in [0.717, 1.165) is 18.4 Å². The van der Waals surface area contributed by atoms with Gasteiger partial charge in [0.05, 0.1) is 13.0 Å². The van der Waals surface area contributed by atoms with Crippen molar-refractivity contribution in [3.05, 3.63) is 65.8 Å². The summed E-state index contributed by atoms with van der Waals surface area (Å²) >= 11 is 0. The van der Waals surface area contributed by atoms with E-state index in [0.29, 0.717) is 13.2 Å². The Labute approximate surface area is 192 Å². The molecule has 0 spiro atoms. The molecule has 8 heteroatoms. The highest BCUT2D eigenvalue weighted by Gasteiger charge is 2.33. The second-order valence-corrected chi connectivity index (χ2v) is 8.12. The number of ether oxygens (including phenoxy) is 3. The fraction of sp³-hybridized carbons (Fsp3) is 0.400. The topological polar surface area (TPSA) is 94.2 Å². The van der Waals surface area contributed by atoms with Crippen LogP contribution in [0.25, 0.3) is 5.57 Å². The summed E-state index contributed by atoms with van der Waals surface area (Å²) in [6, 6.07) is 7.06. The van der Waals surface area contributed by atoms with Crippen molar-refractivity contribution in [2.24, 2.45) is 0 Å². The SMILES string of the molecule is C=CCOC(=O)C[C@H](NC(=O)OCC1C2=C(CCC=C2)c2ccccc21)C(=O)N1CCOC1. The largest absolute Gasteiger partial charge is 0.461 e. The number of hydrogen-bond acceptors (Lipinski definition) is 6. The van der Waals surface area contributed by atoms with Crippen LogP contribution in [0.4, 0.5) is 4.79 Å². The molecule has 0 radical (unpaired) electrons. The lowest BCUT2D eigenvalue weighted by Crippen LogP contribution is -2.49. The summed E-state index contributed by atoms with van der Waals surface area (Å²) < 4.78 is 15.8. The van der Waals surface area contributed by atoms with Gasteiger partial charge in [-0.2, -0.15) is 0 Å². The number of nitrogens with one attached hydrogen (secondary N) is 1. The minimum Gasteiger partial charge on any atom is -0.461 e. The van der Waals surface area contributed by atoms with Gasteiger partial charge in [0.2, 0.25) is 5.91 Å². The van der Waals surface area contributed by atoms with Crippen LogP contribution in [-0.4, -0.2) is 62.0 Å². The van der Waals surface area contributed by atoms with Crippen LogP contribution in [-0.2, 0) is 23.8 Å². The van der Waals surface area contributed by atoms with E-state index in [1.807, 2.05) is 12.1 Å². The number of hydrogen-bond donors (Lipinski definition) is 1. The lowest BCUT2D eigenvalue weighted by atomic mass is 9.93. The Hall–Kier alpha value is -3.39. The van der Waals surface area contributed by atoms with Crippen molar-refractivity contribution in [2.45, 2.75) is 31.2 Å². The van der Waals surface area contributed by atoms with Gasteiger partial charge in [-0.25, -0.2) is 4.79 Å². The molecule has 0 bridgehead atoms. The molecule has 1 aromatic carbocycles. The van der Waals surface area contributed by atoms with Crippen LogP contribution in [0, 0.1) is 0 Å². The Kier molecular flexibility index (Phi) is 7.24. The van der Waals surface area contributed by atoms with Gasteiger partial charge in [0.15, 0.2) is 0 Å². The van der Waals surface area contributed by atoms with Crippen LogP contribution in [0.1, 0.15) is 36.3 Å². The highest BCUT2D eigenvalue weighted by Crippen LogP contribution is 2.46. The van der Waals surface area contributed by atoms with E-state index in [2.05, 4.69) is 36.2 Å². The third kappa shape index (κ3) is 5.17. The quantitative estimate of drug-likeness (QED) is 0.482. The molecule has 1 heterocycles. The zero-order chi connectivity index (χ0) is 23.2. The van der Waals surface area contributed by atoms with Gasteiger partial charge in [0, 0.05) is 12.5 Å². The first-order valence-corrected chi connectivity index (χ1v) is 11.1. The molecule has 33 heavy (non-hydrogen) atoms. The molecule has 1 saturated heterocycles. The number of alkyl carbamates (subject to hydrolysis) is 1. The molecule has 3 aliphatic rings. The molecule has 2 aliphatic carbocycles. The number of allylic oxidation sites excluding steroid dienone is 3. The number of rotatable bonds is 8. The van der Waals surface area contributed by atoms with Crippen molar-refractivity contribution in [1.29, 1.82) is 0 Å². The lowest BCUT2D eigenvalue weighted by molar-refractivity contribution is -0.146. The van der Waals surface area contributed by atoms with E-state index >= 15 is 0 Å². The molecule has 2 amide bonds. The molecule has 0 aromatic heterocycles. The van der Waals surface area contributed by atoms with Gasteiger partial charge < -0.3 is 24.4 Å². The Morgan fingerprint density at radius 1 is 1.27 bits per heavy atom. The number of fused-ring (bicyclic) bond motifs is 2. The van der Waals surface area contributed by atoms with Gasteiger partial charge in [-0.3, -0.25) is 9.59 Å². The van der Waals surface area contributed by atoms with E-state index in [1.54, 1.807) is 0 Å². The van der Waals surface area contributed by atoms with Gasteiger partial charge in [-0.1, -0.05) is 49.1 Å². The van der Waals surface area contributed by atoms with Gasteiger partial charge in [0.1, 0.15) is 26.0 Å². The average molecular weight is 453 g/mol. The Morgan fingerprint density at radius 3 is 2.91 bits per heavy atom. The maximum Gasteiger partial charge on any atom is 0.407 e. The lowest BCUT2D eigenvalue weighted by Gasteiger charge is -2.23. The van der Waals surface area contributed by atoms with Crippen LogP contribution < -0.4 is 5.32 Å². The number of esters is 1. The Morgan fingerprint density at radius 2 is 2.12 bits per heavy atom. The standard InChI is InChI=1S/C25H28N2O6/c1-2-12-32-23(28)14-22(24(29)27-11-13-31-16-27)26-25(30)33-15-21-19-9-5-3-7-17(19)18-8-4-6-10-20(18)21/h2-3,5-7,9-10,21-22H,1,4,8,11-16H2,(H,26,30)/t21?,22-/m0/s1. The highest BCUT2D eigenvalue weighted by atomic mass is 16.6. The molecule has 1 aliphatic heterocycles. The summed E-state index contributed by atoms with van der Waals surface area (Å²) in [5.41, 5.74) is 4.81. The van der Waals surface area contributed by atoms with Crippen LogP contribution >= 0.6 is 0 Å². The van der Waals surface area contributed by atoms with E-state index in [4.69, 9.17) is 14.2 Å². The Balaban J connectivity index is 1.41. The van der Waals surface area contributed by atoms with E-state index in [9.17, 15) is 14.4 Å². The van der Waals surface area contributed by atoms with E-state index in [-0.39, 0.29) is 32.3 Å². The third-order valence-corrected chi connectivity index (χ3v) is 6.01. The van der Waals surface area contributed by atoms with Gasteiger partial charge in [-0.15, -0.1) is 0 Å². The smallest absolute Gasteiger partial charge is 0.407 e. The molecule has 8 nitrogen and oxygen atoms in total. The molecule has 0 saturated carbocycles. The van der Waals surface area contributed by atoms with Crippen LogP contribution in [0.5, 0.6) is 0 Å². The number of benzene rings is 1. The predicted molar refractivity (Wildman–Crippen MR) is 121 cm³/mol. The molecule has 1 fully saturated rings. The summed E-state index contributed by atoms with van der Waals surface area (Å²) in [5.74, 6) is -1.08. The monoisotopic (exact) mass is 452 g/mol. The summed E-state index contributed by atoms with van der Waals surface area (Å²) in [7, 11) is 0. The maximum absolute atomic E-state index is 12.8. The molecule has 1 N–H and O–H groups in total. The fourth-order valence-corrected chi connectivity index (χ4v) is 4.45. The van der Waals surface area contributed by atoms with Gasteiger partial charge >= 0.3 is 12.1 Å². The van der Waals surface area contributed by atoms with Gasteiger partial charge in [0.25, 0.3) is 0 Å². The van der Waals surface area contributed by atoms with Crippen molar-refractivity contribution in [2.75, 3.05) is 33.1 Å². The second-order valence-electron chi connectivity index (χ2n) is 8.12. The summed E-state index contributed by atoms with van der Waals surface area (Å²) in [5, 5.41) is 2.55. The molecule has 1 unspecified atom stereocenters. The second kappa shape index (κ2) is 10.5. The molecular weight excluding hydrogens is 424 g/mol. The molecular formula is C25H28N2O6. The van der Waals surface area contributed by atoms with Crippen molar-refractivity contribution in [3.63, 3.8) is 0 Å². The third-order valence-electron chi connectivity index (χ3n) is 6.01. The van der Waals surface area contributed by atoms with Crippen LogP contribution in [0.3, 0.4) is 0 Å². The number of carbonyl (C=O) groups excluding carboxylic acids is 3. The summed E-state index contributed by atoms with van der Waals surface area (Å²) in [6.07, 6.45) is 6.59. The fourth-order valence-electron chi connectivity index (χ4n) is 4.45. The van der Waals surface area contributed by atoms with Gasteiger partial charge in [-0.05, 0) is 35.1 Å². The zero-order valence-electron chi connectivity index (χ0n) is 18.5. The van der Waals surface area contributed by atoms with Crippen molar-refractivity contribution in [1.82, 2.24) is 10.2 Å². The molecule has 174 valence electrons. The predicted octanol–water partition coefficient (Wildman–Crippen LogP) is 2.92. The number of nitrogens with zero attached hydrogens (tertiary/aromatic N) is 1. The molecule has 4 rings (SSSR count).